The highest BCUT2D eigenvalue weighted by Gasteiger charge is 2.07. The molecule has 200 valence electrons. The van der Waals surface area contributed by atoms with Gasteiger partial charge in [-0.3, -0.25) is 0 Å². The van der Waals surface area contributed by atoms with Crippen LogP contribution in [0.5, 0.6) is 5.75 Å². The van der Waals surface area contributed by atoms with Crippen LogP contribution >= 0.6 is 23.2 Å². The van der Waals surface area contributed by atoms with E-state index in [1.807, 2.05) is 42.5 Å². The van der Waals surface area contributed by atoms with Gasteiger partial charge in [0.25, 0.3) is 0 Å². The fourth-order valence-electron chi connectivity index (χ4n) is 3.41. The third-order valence-corrected chi connectivity index (χ3v) is 6.29. The quantitative estimate of drug-likeness (QED) is 0.326. The molecule has 0 heterocycles. The molecule has 0 radical (unpaired) electrons. The minimum Gasteiger partial charge on any atom is -0.496 e. The Morgan fingerprint density at radius 3 is 1.89 bits per heavy atom. The summed E-state index contributed by atoms with van der Waals surface area (Å²) in [5.41, 5.74) is 5.82. The topological polar surface area (TPSA) is 73.5 Å². The van der Waals surface area contributed by atoms with Gasteiger partial charge in [0.1, 0.15) is 5.75 Å². The van der Waals surface area contributed by atoms with E-state index in [9.17, 15) is 0 Å². The molecule has 3 aromatic carbocycles. The molecule has 0 aliphatic carbocycles. The van der Waals surface area contributed by atoms with Crippen LogP contribution in [0.3, 0.4) is 0 Å². The molecular weight excluding hydrogens is 505 g/mol. The van der Waals surface area contributed by atoms with Crippen molar-refractivity contribution in [3.8, 4) is 11.8 Å². The fourth-order valence-corrected chi connectivity index (χ4v) is 3.92. The van der Waals surface area contributed by atoms with Gasteiger partial charge in [-0.2, -0.15) is 5.26 Å². The van der Waals surface area contributed by atoms with Crippen molar-refractivity contribution in [3.63, 3.8) is 0 Å². The van der Waals surface area contributed by atoms with Crippen LogP contribution in [0.15, 0.2) is 54.6 Å². The Morgan fingerprint density at radius 2 is 1.43 bits per heavy atom. The van der Waals surface area contributed by atoms with E-state index in [-0.39, 0.29) is 13.2 Å². The predicted octanol–water partition coefficient (Wildman–Crippen LogP) is 8.60. The van der Waals surface area contributed by atoms with Crippen LogP contribution in [0.1, 0.15) is 92.7 Å². The molecule has 0 atom stereocenters. The molecule has 0 aliphatic rings. The zero-order chi connectivity index (χ0) is 28.1. The molecular formula is C31H39Cl2NO3. The van der Waals surface area contributed by atoms with E-state index >= 15 is 0 Å². The first-order valence-electron chi connectivity index (χ1n) is 12.3. The Kier molecular flexibility index (Phi) is 14.3. The van der Waals surface area contributed by atoms with Gasteiger partial charge in [0.2, 0.25) is 0 Å². The van der Waals surface area contributed by atoms with Gasteiger partial charge in [0, 0.05) is 10.0 Å². The van der Waals surface area contributed by atoms with E-state index in [4.69, 9.17) is 43.4 Å². The molecule has 6 heteroatoms. The molecule has 2 N–H and O–H groups in total. The molecule has 0 bridgehead atoms. The minimum absolute atomic E-state index is 0.0111. The first-order valence-corrected chi connectivity index (χ1v) is 13.1. The standard InChI is InChI=1S/C11H13NO.2C10H13ClO/c1-8(2)10-6-9(7-12)4-5-11(10)13-3;1-7(2)9-3-8(6-12)4-10(11)5-9;1-7(2)8-3-4-9(6-12)10(11)5-8/h4-6,8H,1-3H3;2*3-5,7,12H,6H2,1-2H3. The van der Waals surface area contributed by atoms with Crippen molar-refractivity contribution in [1.29, 1.82) is 5.26 Å². The predicted molar refractivity (Wildman–Crippen MR) is 155 cm³/mol. The Labute approximate surface area is 232 Å². The van der Waals surface area contributed by atoms with E-state index in [1.165, 1.54) is 11.1 Å². The number of halogens is 2. The molecule has 37 heavy (non-hydrogen) atoms. The summed E-state index contributed by atoms with van der Waals surface area (Å²) in [4.78, 5) is 0. The van der Waals surface area contributed by atoms with Crippen LogP contribution < -0.4 is 4.74 Å². The summed E-state index contributed by atoms with van der Waals surface area (Å²) in [6, 6.07) is 19.1. The normalized spacial score (nSPS) is 10.4. The van der Waals surface area contributed by atoms with Crippen molar-refractivity contribution in [2.24, 2.45) is 0 Å². The molecule has 3 rings (SSSR count). The van der Waals surface area contributed by atoms with E-state index in [0.717, 1.165) is 22.4 Å². The van der Waals surface area contributed by atoms with Gasteiger partial charge in [-0.15, -0.1) is 0 Å². The summed E-state index contributed by atoms with van der Waals surface area (Å²) in [5.74, 6) is 2.17. The third kappa shape index (κ3) is 10.8. The zero-order valence-electron chi connectivity index (χ0n) is 22.8. The second kappa shape index (κ2) is 16.3. The van der Waals surface area contributed by atoms with Crippen LogP contribution in [0.2, 0.25) is 10.0 Å². The highest BCUT2D eigenvalue weighted by molar-refractivity contribution is 6.31. The number of hydrogen-bond acceptors (Lipinski definition) is 4. The second-order valence-corrected chi connectivity index (χ2v) is 10.4. The number of aliphatic hydroxyl groups excluding tert-OH is 2. The molecule has 3 aromatic rings. The number of hydrogen-bond donors (Lipinski definition) is 2. The Balaban J connectivity index is 0.000000278. The number of aliphatic hydroxyl groups is 2. The zero-order valence-corrected chi connectivity index (χ0v) is 24.4. The summed E-state index contributed by atoms with van der Waals surface area (Å²) in [7, 11) is 1.65. The summed E-state index contributed by atoms with van der Waals surface area (Å²) in [6.07, 6.45) is 0. The minimum atomic E-state index is 0.0111. The van der Waals surface area contributed by atoms with Crippen molar-refractivity contribution < 1.29 is 14.9 Å². The molecule has 0 spiro atoms. The van der Waals surface area contributed by atoms with Gasteiger partial charge < -0.3 is 14.9 Å². The average Bonchev–Trinajstić information content (AvgIpc) is 2.88. The lowest BCUT2D eigenvalue weighted by Crippen LogP contribution is -1.94. The van der Waals surface area contributed by atoms with Gasteiger partial charge in [-0.05, 0) is 82.0 Å². The molecule has 0 unspecified atom stereocenters. The number of ether oxygens (including phenoxy) is 1. The van der Waals surface area contributed by atoms with Gasteiger partial charge in [-0.1, -0.05) is 82.9 Å². The van der Waals surface area contributed by atoms with Crippen molar-refractivity contribution in [2.45, 2.75) is 72.5 Å². The first kappa shape index (κ1) is 32.5. The van der Waals surface area contributed by atoms with Gasteiger partial charge >= 0.3 is 0 Å². The average molecular weight is 545 g/mol. The Morgan fingerprint density at radius 1 is 0.784 bits per heavy atom. The molecule has 0 fully saturated rings. The number of nitrogens with zero attached hydrogens (tertiary/aromatic N) is 1. The van der Waals surface area contributed by atoms with E-state index in [1.54, 1.807) is 19.2 Å². The first-order chi connectivity index (χ1) is 17.5. The molecule has 0 aromatic heterocycles. The van der Waals surface area contributed by atoms with Crippen LogP contribution in [-0.2, 0) is 13.2 Å². The maximum absolute atomic E-state index is 8.91. The Bertz CT molecular complexity index is 1170. The van der Waals surface area contributed by atoms with Gasteiger partial charge in [0.05, 0.1) is 32.0 Å². The van der Waals surface area contributed by atoms with E-state index < -0.39 is 0 Å². The molecule has 0 aliphatic heterocycles. The number of nitriles is 1. The summed E-state index contributed by atoms with van der Waals surface area (Å²) in [6.45, 7) is 12.7. The molecule has 4 nitrogen and oxygen atoms in total. The number of methoxy groups -OCH3 is 1. The van der Waals surface area contributed by atoms with Gasteiger partial charge in [-0.25, -0.2) is 0 Å². The maximum Gasteiger partial charge on any atom is 0.122 e. The molecule has 0 amide bonds. The van der Waals surface area contributed by atoms with Crippen molar-refractivity contribution in [1.82, 2.24) is 0 Å². The second-order valence-electron chi connectivity index (χ2n) is 9.59. The van der Waals surface area contributed by atoms with E-state index in [0.29, 0.717) is 33.4 Å². The maximum atomic E-state index is 8.91. The summed E-state index contributed by atoms with van der Waals surface area (Å²) in [5, 5.41) is 27.8. The lowest BCUT2D eigenvalue weighted by Gasteiger charge is -2.11. The number of rotatable bonds is 6. The highest BCUT2D eigenvalue weighted by atomic mass is 35.5. The highest BCUT2D eigenvalue weighted by Crippen LogP contribution is 2.27. The van der Waals surface area contributed by atoms with E-state index in [2.05, 4.69) is 47.6 Å². The molecule has 0 saturated heterocycles. The Hall–Kier alpha value is -2.55. The smallest absolute Gasteiger partial charge is 0.122 e. The van der Waals surface area contributed by atoms with Crippen LogP contribution in [-0.4, -0.2) is 17.3 Å². The summed E-state index contributed by atoms with van der Waals surface area (Å²) >= 11 is 11.8. The van der Waals surface area contributed by atoms with Crippen LogP contribution in [0.4, 0.5) is 0 Å². The van der Waals surface area contributed by atoms with Crippen molar-refractivity contribution >= 4 is 23.2 Å². The number of benzene rings is 3. The lowest BCUT2D eigenvalue weighted by atomic mass is 10.00. The van der Waals surface area contributed by atoms with Gasteiger partial charge in [0.15, 0.2) is 0 Å². The molecule has 0 saturated carbocycles. The SMILES string of the molecule is CC(C)c1cc(Cl)cc(CO)c1.CC(C)c1ccc(CO)c(Cl)c1.COc1ccc(C#N)cc1C(C)C. The van der Waals surface area contributed by atoms with Crippen LogP contribution in [0.25, 0.3) is 0 Å². The van der Waals surface area contributed by atoms with Crippen molar-refractivity contribution in [2.75, 3.05) is 7.11 Å². The van der Waals surface area contributed by atoms with Crippen LogP contribution in [0, 0.1) is 11.3 Å². The third-order valence-electron chi connectivity index (χ3n) is 5.72. The lowest BCUT2D eigenvalue weighted by molar-refractivity contribution is 0.281. The largest absolute Gasteiger partial charge is 0.496 e. The monoisotopic (exact) mass is 543 g/mol. The van der Waals surface area contributed by atoms with Crippen molar-refractivity contribution in [3.05, 3.63) is 98.0 Å². The summed E-state index contributed by atoms with van der Waals surface area (Å²) < 4.78 is 5.20. The fraction of sp³-hybridized carbons (Fsp3) is 0.387.